The van der Waals surface area contributed by atoms with Crippen LogP contribution in [0, 0.1) is 0 Å². The summed E-state index contributed by atoms with van der Waals surface area (Å²) in [6, 6.07) is 26.8. The van der Waals surface area contributed by atoms with E-state index in [0.29, 0.717) is 0 Å². The predicted molar refractivity (Wildman–Crippen MR) is 107 cm³/mol. The van der Waals surface area contributed by atoms with Crippen molar-refractivity contribution in [2.75, 3.05) is 18.6 Å². The zero-order valence-electron chi connectivity index (χ0n) is 15.1. The topological polar surface area (TPSA) is 46.6 Å². The van der Waals surface area contributed by atoms with Crippen molar-refractivity contribution in [2.24, 2.45) is 0 Å². The standard InChI is InChI=1S/C23H21NO3/c1-24(22-15-9-8-14-21(22)19-12-6-3-7-13-19)23(26)27-17-20(16-25)18-10-4-2-5-11-18/h2-16,20H,17H2,1H3. The number of carbonyl (C=O) groups excluding carboxylic acids is 2. The average molecular weight is 359 g/mol. The van der Waals surface area contributed by atoms with Crippen LogP contribution in [0.1, 0.15) is 11.5 Å². The monoisotopic (exact) mass is 359 g/mol. The molecule has 0 radical (unpaired) electrons. The maximum Gasteiger partial charge on any atom is 0.414 e. The van der Waals surface area contributed by atoms with E-state index in [0.717, 1.165) is 28.7 Å². The van der Waals surface area contributed by atoms with Crippen molar-refractivity contribution in [3.63, 3.8) is 0 Å². The maximum atomic E-state index is 12.6. The lowest BCUT2D eigenvalue weighted by Gasteiger charge is -2.21. The second kappa shape index (κ2) is 8.81. The zero-order chi connectivity index (χ0) is 19.1. The van der Waals surface area contributed by atoms with Crippen LogP contribution in [-0.4, -0.2) is 26.0 Å². The van der Waals surface area contributed by atoms with E-state index in [2.05, 4.69) is 0 Å². The average Bonchev–Trinajstić information content (AvgIpc) is 2.75. The third-order valence-electron chi connectivity index (χ3n) is 4.40. The molecule has 4 heteroatoms. The van der Waals surface area contributed by atoms with Crippen LogP contribution in [0.15, 0.2) is 84.9 Å². The quantitative estimate of drug-likeness (QED) is 0.588. The van der Waals surface area contributed by atoms with E-state index in [1.54, 1.807) is 7.05 Å². The number of aldehydes is 1. The number of anilines is 1. The normalized spacial score (nSPS) is 11.4. The molecule has 3 rings (SSSR count). The zero-order valence-corrected chi connectivity index (χ0v) is 15.1. The van der Waals surface area contributed by atoms with Crippen molar-refractivity contribution in [3.05, 3.63) is 90.5 Å². The van der Waals surface area contributed by atoms with Crippen LogP contribution in [0.2, 0.25) is 0 Å². The van der Waals surface area contributed by atoms with Crippen LogP contribution in [0.5, 0.6) is 0 Å². The first-order valence-corrected chi connectivity index (χ1v) is 8.76. The molecule has 27 heavy (non-hydrogen) atoms. The molecular formula is C23H21NO3. The summed E-state index contributed by atoms with van der Waals surface area (Å²) in [6.45, 7) is 0.00416. The molecule has 1 unspecified atom stereocenters. The largest absolute Gasteiger partial charge is 0.448 e. The number of nitrogens with zero attached hydrogens (tertiary/aromatic N) is 1. The second-order valence-electron chi connectivity index (χ2n) is 6.17. The molecule has 0 aliphatic carbocycles. The van der Waals surface area contributed by atoms with Gasteiger partial charge in [0, 0.05) is 12.6 Å². The summed E-state index contributed by atoms with van der Waals surface area (Å²) in [5.41, 5.74) is 3.53. The number of benzene rings is 3. The van der Waals surface area contributed by atoms with E-state index in [1.165, 1.54) is 4.90 Å². The molecule has 136 valence electrons. The summed E-state index contributed by atoms with van der Waals surface area (Å²) in [5.74, 6) is -0.479. The SMILES string of the molecule is CN(C(=O)OCC(C=O)c1ccccc1)c1ccccc1-c1ccccc1. The van der Waals surface area contributed by atoms with Crippen LogP contribution in [0.25, 0.3) is 11.1 Å². The van der Waals surface area contributed by atoms with Crippen molar-refractivity contribution in [1.29, 1.82) is 0 Å². The molecule has 0 aliphatic heterocycles. The molecule has 0 aliphatic rings. The summed E-state index contributed by atoms with van der Waals surface area (Å²) >= 11 is 0. The van der Waals surface area contributed by atoms with E-state index >= 15 is 0 Å². The molecule has 0 heterocycles. The molecule has 3 aromatic carbocycles. The second-order valence-corrected chi connectivity index (χ2v) is 6.17. The van der Waals surface area contributed by atoms with E-state index < -0.39 is 12.0 Å². The lowest BCUT2D eigenvalue weighted by molar-refractivity contribution is -0.109. The Hall–Kier alpha value is -3.40. The summed E-state index contributed by atoms with van der Waals surface area (Å²) in [4.78, 5) is 25.4. The van der Waals surface area contributed by atoms with Gasteiger partial charge in [0.2, 0.25) is 0 Å². The molecule has 0 saturated carbocycles. The first kappa shape index (κ1) is 18.4. The highest BCUT2D eigenvalue weighted by Gasteiger charge is 2.19. The summed E-state index contributed by atoms with van der Waals surface area (Å²) in [6.07, 6.45) is 0.307. The number of rotatable bonds is 6. The van der Waals surface area contributed by atoms with Crippen molar-refractivity contribution >= 4 is 18.1 Å². The van der Waals surface area contributed by atoms with Crippen molar-refractivity contribution in [2.45, 2.75) is 5.92 Å². The summed E-state index contributed by atoms with van der Waals surface area (Å²) in [5, 5.41) is 0. The Bertz CT molecular complexity index is 894. The van der Waals surface area contributed by atoms with Crippen molar-refractivity contribution in [1.82, 2.24) is 0 Å². The molecule has 3 aromatic rings. The van der Waals surface area contributed by atoms with E-state index in [1.807, 2.05) is 84.9 Å². The molecule has 0 aromatic heterocycles. The third kappa shape index (κ3) is 4.42. The van der Waals surface area contributed by atoms with Crippen molar-refractivity contribution in [3.8, 4) is 11.1 Å². The van der Waals surface area contributed by atoms with Crippen LogP contribution >= 0.6 is 0 Å². The number of hydrogen-bond acceptors (Lipinski definition) is 3. The minimum absolute atomic E-state index is 0.00416. The number of amides is 1. The smallest absolute Gasteiger partial charge is 0.414 e. The van der Waals surface area contributed by atoms with Gasteiger partial charge in [-0.25, -0.2) is 4.79 Å². The lowest BCUT2D eigenvalue weighted by atomic mass is 10.0. The number of para-hydroxylation sites is 1. The van der Waals surface area contributed by atoms with Crippen LogP contribution in [0.4, 0.5) is 10.5 Å². The Morgan fingerprint density at radius 2 is 1.52 bits per heavy atom. The summed E-state index contributed by atoms with van der Waals surface area (Å²) < 4.78 is 5.41. The first-order chi connectivity index (χ1) is 13.2. The Labute approximate surface area is 159 Å². The molecule has 0 spiro atoms. The number of carbonyl (C=O) groups is 2. The molecule has 0 bridgehead atoms. The lowest BCUT2D eigenvalue weighted by Crippen LogP contribution is -2.29. The summed E-state index contributed by atoms with van der Waals surface area (Å²) in [7, 11) is 1.67. The molecule has 1 atom stereocenters. The molecule has 0 saturated heterocycles. The number of ether oxygens (including phenoxy) is 1. The Morgan fingerprint density at radius 3 is 2.19 bits per heavy atom. The van der Waals surface area contributed by atoms with Gasteiger partial charge < -0.3 is 9.53 Å². The Kier molecular flexibility index (Phi) is 6.00. The van der Waals surface area contributed by atoms with Gasteiger partial charge in [-0.3, -0.25) is 4.90 Å². The van der Waals surface area contributed by atoms with Crippen LogP contribution < -0.4 is 4.90 Å². The highest BCUT2D eigenvalue weighted by Crippen LogP contribution is 2.30. The molecule has 0 N–H and O–H groups in total. The van der Waals surface area contributed by atoms with Crippen LogP contribution in [-0.2, 0) is 9.53 Å². The number of hydrogen-bond donors (Lipinski definition) is 0. The van der Waals surface area contributed by atoms with Crippen LogP contribution in [0.3, 0.4) is 0 Å². The molecular weight excluding hydrogens is 338 g/mol. The fraction of sp³-hybridized carbons (Fsp3) is 0.130. The minimum atomic E-state index is -0.499. The van der Waals surface area contributed by atoms with Gasteiger partial charge in [-0.05, 0) is 17.2 Å². The van der Waals surface area contributed by atoms with E-state index in [-0.39, 0.29) is 6.61 Å². The van der Waals surface area contributed by atoms with E-state index in [9.17, 15) is 9.59 Å². The maximum absolute atomic E-state index is 12.6. The molecule has 1 amide bonds. The van der Waals surface area contributed by atoms with Gasteiger partial charge in [-0.15, -0.1) is 0 Å². The Balaban J connectivity index is 1.74. The Morgan fingerprint density at radius 1 is 0.926 bits per heavy atom. The van der Waals surface area contributed by atoms with Gasteiger partial charge in [0.25, 0.3) is 0 Å². The van der Waals surface area contributed by atoms with Gasteiger partial charge in [-0.1, -0.05) is 78.9 Å². The highest BCUT2D eigenvalue weighted by atomic mass is 16.6. The highest BCUT2D eigenvalue weighted by molar-refractivity contribution is 5.93. The fourth-order valence-corrected chi connectivity index (χ4v) is 2.90. The molecule has 0 fully saturated rings. The minimum Gasteiger partial charge on any atom is -0.448 e. The van der Waals surface area contributed by atoms with Crippen molar-refractivity contribution < 1.29 is 14.3 Å². The van der Waals surface area contributed by atoms with Gasteiger partial charge in [0.15, 0.2) is 0 Å². The van der Waals surface area contributed by atoms with E-state index in [4.69, 9.17) is 4.74 Å². The molecule has 4 nitrogen and oxygen atoms in total. The van der Waals surface area contributed by atoms with Gasteiger partial charge in [0.05, 0.1) is 11.6 Å². The fourth-order valence-electron chi connectivity index (χ4n) is 2.90. The van der Waals surface area contributed by atoms with Gasteiger partial charge in [0.1, 0.15) is 12.9 Å². The third-order valence-corrected chi connectivity index (χ3v) is 4.40. The van der Waals surface area contributed by atoms with Gasteiger partial charge >= 0.3 is 6.09 Å². The van der Waals surface area contributed by atoms with Gasteiger partial charge in [-0.2, -0.15) is 0 Å². The first-order valence-electron chi connectivity index (χ1n) is 8.76. The predicted octanol–water partition coefficient (Wildman–Crippen LogP) is 4.91.